The maximum absolute atomic E-state index is 9.68. The van der Waals surface area contributed by atoms with E-state index in [1.807, 2.05) is 33.2 Å². The van der Waals surface area contributed by atoms with Crippen molar-refractivity contribution in [1.29, 1.82) is 0 Å². The summed E-state index contributed by atoms with van der Waals surface area (Å²) in [6, 6.07) is 0. The molecule has 2 N–H and O–H groups in total. The Labute approximate surface area is 130 Å². The number of hydrogen-bond donors (Lipinski definition) is 2. The molecule has 0 bridgehead atoms. The number of nitrogens with zero attached hydrogens (tertiary/aromatic N) is 2. The maximum Gasteiger partial charge on any atom is 0.105 e. The molecule has 0 saturated carbocycles. The number of aromatic nitrogens is 2. The fraction of sp³-hybridized carbons (Fsp3) is 0.824. The van der Waals surface area contributed by atoms with Crippen LogP contribution in [0, 0.1) is 12.8 Å². The number of aryl methyl sites for hydroxylation is 2. The van der Waals surface area contributed by atoms with Crippen molar-refractivity contribution < 1.29 is 5.11 Å². The van der Waals surface area contributed by atoms with Crippen LogP contribution in [0.25, 0.3) is 0 Å². The molecule has 1 heterocycles. The van der Waals surface area contributed by atoms with Crippen molar-refractivity contribution >= 4 is 0 Å². The number of imidazole rings is 1. The van der Waals surface area contributed by atoms with Crippen molar-refractivity contribution in [1.82, 2.24) is 14.9 Å². The topological polar surface area (TPSA) is 50.1 Å². The number of nitrogens with one attached hydrogen (secondary N) is 1. The van der Waals surface area contributed by atoms with E-state index in [0.717, 1.165) is 50.6 Å². The van der Waals surface area contributed by atoms with Gasteiger partial charge in [0.15, 0.2) is 0 Å². The van der Waals surface area contributed by atoms with Crippen LogP contribution >= 0.6 is 0 Å². The first-order valence-corrected chi connectivity index (χ1v) is 8.29. The first kappa shape index (κ1) is 18.2. The molecule has 0 amide bonds. The molecular weight excluding hydrogens is 262 g/mol. The highest BCUT2D eigenvalue weighted by Crippen LogP contribution is 2.17. The largest absolute Gasteiger partial charge is 0.390 e. The van der Waals surface area contributed by atoms with Crippen LogP contribution in [0.2, 0.25) is 0 Å². The Kier molecular flexibility index (Phi) is 7.97. The molecular formula is C17H33N3O. The lowest BCUT2D eigenvalue weighted by molar-refractivity contribution is 0.0669. The highest BCUT2D eigenvalue weighted by molar-refractivity contribution is 4.88. The maximum atomic E-state index is 9.68. The molecule has 122 valence electrons. The van der Waals surface area contributed by atoms with Crippen molar-refractivity contribution in [3.63, 3.8) is 0 Å². The molecule has 0 aliphatic heterocycles. The molecule has 0 unspecified atom stereocenters. The summed E-state index contributed by atoms with van der Waals surface area (Å²) < 4.78 is 2.20. The number of aliphatic hydroxyl groups is 1. The second kappa shape index (κ2) is 9.21. The van der Waals surface area contributed by atoms with Gasteiger partial charge >= 0.3 is 0 Å². The Balaban J connectivity index is 1.95. The van der Waals surface area contributed by atoms with Gasteiger partial charge in [-0.3, -0.25) is 0 Å². The van der Waals surface area contributed by atoms with Gasteiger partial charge in [0, 0.05) is 18.9 Å². The van der Waals surface area contributed by atoms with E-state index in [9.17, 15) is 5.11 Å². The molecule has 0 aliphatic carbocycles. The summed E-state index contributed by atoms with van der Waals surface area (Å²) in [4.78, 5) is 4.23. The third kappa shape index (κ3) is 8.89. The van der Waals surface area contributed by atoms with Crippen LogP contribution in [0.4, 0.5) is 0 Å². The summed E-state index contributed by atoms with van der Waals surface area (Å²) in [6.07, 6.45) is 9.48. The van der Waals surface area contributed by atoms with Gasteiger partial charge in [-0.2, -0.15) is 0 Å². The minimum absolute atomic E-state index is 0.510. The van der Waals surface area contributed by atoms with Crippen molar-refractivity contribution in [2.45, 2.75) is 71.9 Å². The Morgan fingerprint density at radius 1 is 1.29 bits per heavy atom. The van der Waals surface area contributed by atoms with Gasteiger partial charge in [-0.15, -0.1) is 0 Å². The van der Waals surface area contributed by atoms with Crippen molar-refractivity contribution in [3.05, 3.63) is 18.2 Å². The molecule has 0 saturated heterocycles. The summed E-state index contributed by atoms with van der Waals surface area (Å²) in [5.74, 6) is 1.83. The predicted molar refractivity (Wildman–Crippen MR) is 88.4 cm³/mol. The van der Waals surface area contributed by atoms with Gasteiger partial charge < -0.3 is 15.0 Å². The van der Waals surface area contributed by atoms with Crippen molar-refractivity contribution in [2.75, 3.05) is 13.1 Å². The normalized spacial score (nSPS) is 13.6. The minimum Gasteiger partial charge on any atom is -0.390 e. The van der Waals surface area contributed by atoms with Crippen LogP contribution < -0.4 is 5.32 Å². The smallest absolute Gasteiger partial charge is 0.105 e. The van der Waals surface area contributed by atoms with Gasteiger partial charge in [0.25, 0.3) is 0 Å². The monoisotopic (exact) mass is 295 g/mol. The molecule has 1 aromatic rings. The lowest BCUT2D eigenvalue weighted by Crippen LogP contribution is -2.21. The molecule has 1 aromatic heterocycles. The number of rotatable bonds is 11. The van der Waals surface area contributed by atoms with Gasteiger partial charge in [0.1, 0.15) is 5.82 Å². The highest BCUT2D eigenvalue weighted by Gasteiger charge is 2.12. The van der Waals surface area contributed by atoms with E-state index in [2.05, 4.69) is 21.8 Å². The van der Waals surface area contributed by atoms with E-state index in [1.54, 1.807) is 0 Å². The Hall–Kier alpha value is -0.870. The van der Waals surface area contributed by atoms with Crippen LogP contribution in [0.1, 0.15) is 58.7 Å². The minimum atomic E-state index is -0.510. The van der Waals surface area contributed by atoms with E-state index >= 15 is 0 Å². The Bertz CT molecular complexity index is 382. The third-order valence-corrected chi connectivity index (χ3v) is 3.98. The zero-order valence-electron chi connectivity index (χ0n) is 14.2. The van der Waals surface area contributed by atoms with Crippen LogP contribution in [0.5, 0.6) is 0 Å². The van der Waals surface area contributed by atoms with Gasteiger partial charge in [0.2, 0.25) is 0 Å². The van der Waals surface area contributed by atoms with Gasteiger partial charge in [-0.1, -0.05) is 19.8 Å². The highest BCUT2D eigenvalue weighted by atomic mass is 16.3. The second-order valence-electron chi connectivity index (χ2n) is 6.87. The Morgan fingerprint density at radius 2 is 2.05 bits per heavy atom. The zero-order chi connectivity index (χ0) is 15.7. The van der Waals surface area contributed by atoms with Crippen molar-refractivity contribution in [3.8, 4) is 0 Å². The standard InChI is InChI=1S/C17H33N3O/c1-15(7-5-9-17(3,4)21)8-11-18-10-6-13-20-14-12-19-16(20)2/h12,14-15,18,21H,5-11,13H2,1-4H3/t15-/m1/s1. The predicted octanol–water partition coefficient (Wildman–Crippen LogP) is 3.14. The molecule has 0 radical (unpaired) electrons. The quantitative estimate of drug-likeness (QED) is 0.617. The first-order chi connectivity index (χ1) is 9.88. The SMILES string of the molecule is Cc1nccn1CCCNCC[C@H](C)CCCC(C)(C)O. The summed E-state index contributed by atoms with van der Waals surface area (Å²) in [5.41, 5.74) is -0.510. The van der Waals surface area contributed by atoms with Crippen LogP contribution in [-0.4, -0.2) is 33.3 Å². The third-order valence-electron chi connectivity index (χ3n) is 3.98. The zero-order valence-corrected chi connectivity index (χ0v) is 14.2. The van der Waals surface area contributed by atoms with E-state index in [4.69, 9.17) is 0 Å². The lowest BCUT2D eigenvalue weighted by Gasteiger charge is -2.18. The molecule has 0 aliphatic rings. The van der Waals surface area contributed by atoms with Gasteiger partial charge in [-0.25, -0.2) is 4.98 Å². The molecule has 1 atom stereocenters. The number of hydrogen-bond acceptors (Lipinski definition) is 3. The van der Waals surface area contributed by atoms with Crippen molar-refractivity contribution in [2.24, 2.45) is 5.92 Å². The molecule has 21 heavy (non-hydrogen) atoms. The molecule has 0 aromatic carbocycles. The summed E-state index contributed by atoms with van der Waals surface area (Å²) >= 11 is 0. The molecule has 0 spiro atoms. The second-order valence-corrected chi connectivity index (χ2v) is 6.87. The summed E-state index contributed by atoms with van der Waals surface area (Å²) in [5, 5.41) is 13.2. The van der Waals surface area contributed by atoms with Gasteiger partial charge in [0.05, 0.1) is 5.60 Å². The Morgan fingerprint density at radius 3 is 2.67 bits per heavy atom. The van der Waals surface area contributed by atoms with Crippen LogP contribution in [0.15, 0.2) is 12.4 Å². The summed E-state index contributed by atoms with van der Waals surface area (Å²) in [6.45, 7) is 11.3. The van der Waals surface area contributed by atoms with E-state index < -0.39 is 5.60 Å². The lowest BCUT2D eigenvalue weighted by atomic mass is 9.95. The average Bonchev–Trinajstić information content (AvgIpc) is 2.78. The first-order valence-electron chi connectivity index (χ1n) is 8.29. The molecule has 4 nitrogen and oxygen atoms in total. The van der Waals surface area contributed by atoms with Crippen LogP contribution in [0.3, 0.4) is 0 Å². The summed E-state index contributed by atoms with van der Waals surface area (Å²) in [7, 11) is 0. The van der Waals surface area contributed by atoms with Gasteiger partial charge in [-0.05, 0) is 59.0 Å². The van der Waals surface area contributed by atoms with E-state index in [-0.39, 0.29) is 0 Å². The van der Waals surface area contributed by atoms with Crippen LogP contribution in [-0.2, 0) is 6.54 Å². The molecule has 1 rings (SSSR count). The van der Waals surface area contributed by atoms with E-state index in [0.29, 0.717) is 0 Å². The van der Waals surface area contributed by atoms with E-state index in [1.165, 1.54) is 12.8 Å². The average molecular weight is 295 g/mol. The molecule has 0 fully saturated rings. The fourth-order valence-corrected chi connectivity index (χ4v) is 2.52. The fourth-order valence-electron chi connectivity index (χ4n) is 2.52. The molecule has 4 heteroatoms.